The zero-order valence-electron chi connectivity index (χ0n) is 15.6. The number of nitrogens with zero attached hydrogens (tertiary/aromatic N) is 6. The Morgan fingerprint density at radius 1 is 1.19 bits per heavy atom. The van der Waals surface area contributed by atoms with Gasteiger partial charge in [0.05, 0.1) is 13.2 Å². The molecule has 1 unspecified atom stereocenters. The Bertz CT molecular complexity index is 769. The molecule has 0 saturated carbocycles. The molecule has 2 aromatic heterocycles. The highest BCUT2D eigenvalue weighted by molar-refractivity contribution is 6.30. The molecule has 4 heterocycles. The molecule has 2 aliphatic rings. The number of anilines is 2. The van der Waals surface area contributed by atoms with E-state index in [-0.39, 0.29) is 0 Å². The fourth-order valence-corrected chi connectivity index (χ4v) is 3.87. The molecule has 0 N–H and O–H groups in total. The summed E-state index contributed by atoms with van der Waals surface area (Å²) in [4.78, 5) is 20.3. The Balaban J connectivity index is 1.40. The van der Waals surface area contributed by atoms with E-state index in [1.54, 1.807) is 6.20 Å². The van der Waals surface area contributed by atoms with Crippen LogP contribution >= 0.6 is 11.6 Å². The van der Waals surface area contributed by atoms with Gasteiger partial charge in [0.25, 0.3) is 0 Å². The van der Waals surface area contributed by atoms with Crippen LogP contribution in [-0.4, -0.2) is 72.3 Å². The Morgan fingerprint density at radius 2 is 2.04 bits per heavy atom. The minimum Gasteiger partial charge on any atom is -0.378 e. The number of hydrogen-bond acceptors (Lipinski definition) is 7. The lowest BCUT2D eigenvalue weighted by molar-refractivity contribution is 0.122. The first-order chi connectivity index (χ1) is 13.2. The van der Waals surface area contributed by atoms with Crippen LogP contribution in [0.4, 0.5) is 11.8 Å². The van der Waals surface area contributed by atoms with Gasteiger partial charge in [-0.25, -0.2) is 9.97 Å². The van der Waals surface area contributed by atoms with Crippen LogP contribution in [-0.2, 0) is 11.3 Å². The molecule has 1 atom stereocenters. The number of halogens is 1. The Labute approximate surface area is 164 Å². The normalized spacial score (nSPS) is 20.8. The second kappa shape index (κ2) is 8.37. The predicted octanol–water partition coefficient (Wildman–Crippen LogP) is 2.07. The van der Waals surface area contributed by atoms with Gasteiger partial charge in [0.15, 0.2) is 0 Å². The lowest BCUT2D eigenvalue weighted by Crippen LogP contribution is -2.38. The summed E-state index contributed by atoms with van der Waals surface area (Å²) in [7, 11) is 2.12. The monoisotopic (exact) mass is 388 g/mol. The molecule has 2 saturated heterocycles. The van der Waals surface area contributed by atoms with Gasteiger partial charge in [0, 0.05) is 63.8 Å². The van der Waals surface area contributed by atoms with Crippen molar-refractivity contribution in [3.63, 3.8) is 0 Å². The summed E-state index contributed by atoms with van der Waals surface area (Å²) in [5.41, 5.74) is 1.08. The highest BCUT2D eigenvalue weighted by atomic mass is 35.5. The van der Waals surface area contributed by atoms with Crippen LogP contribution in [0.2, 0.25) is 5.15 Å². The lowest BCUT2D eigenvalue weighted by atomic mass is 10.2. The minimum atomic E-state index is 0.424. The van der Waals surface area contributed by atoms with Gasteiger partial charge >= 0.3 is 0 Å². The second-order valence-corrected chi connectivity index (χ2v) is 7.41. The van der Waals surface area contributed by atoms with E-state index in [0.29, 0.717) is 11.2 Å². The summed E-state index contributed by atoms with van der Waals surface area (Å²) in [6, 6.07) is 6.40. The van der Waals surface area contributed by atoms with Gasteiger partial charge in [-0.1, -0.05) is 17.7 Å². The van der Waals surface area contributed by atoms with Gasteiger partial charge in [-0.2, -0.15) is 4.98 Å². The zero-order valence-corrected chi connectivity index (χ0v) is 16.3. The Hall–Kier alpha value is -1.96. The first-order valence-electron chi connectivity index (χ1n) is 9.41. The van der Waals surface area contributed by atoms with Crippen LogP contribution in [0.1, 0.15) is 12.0 Å². The van der Waals surface area contributed by atoms with Gasteiger partial charge < -0.3 is 14.5 Å². The molecular formula is C19H25ClN6O. The van der Waals surface area contributed by atoms with Crippen molar-refractivity contribution in [1.82, 2.24) is 19.9 Å². The van der Waals surface area contributed by atoms with Crippen molar-refractivity contribution in [2.75, 3.05) is 56.2 Å². The maximum Gasteiger partial charge on any atom is 0.227 e. The van der Waals surface area contributed by atoms with Crippen molar-refractivity contribution < 1.29 is 4.74 Å². The number of hydrogen-bond donors (Lipinski definition) is 0. The van der Waals surface area contributed by atoms with Gasteiger partial charge in [0.1, 0.15) is 11.0 Å². The van der Waals surface area contributed by atoms with Gasteiger partial charge in [0.2, 0.25) is 5.95 Å². The van der Waals surface area contributed by atoms with Crippen molar-refractivity contribution in [2.45, 2.75) is 19.0 Å². The molecule has 2 fully saturated rings. The lowest BCUT2D eigenvalue weighted by Gasteiger charge is -2.29. The van der Waals surface area contributed by atoms with Crippen molar-refractivity contribution in [3.8, 4) is 0 Å². The van der Waals surface area contributed by atoms with E-state index in [2.05, 4.69) is 31.7 Å². The summed E-state index contributed by atoms with van der Waals surface area (Å²) < 4.78 is 5.42. The number of likely N-dealkylation sites (N-methyl/N-ethyl adjacent to an activating group) is 1. The molecule has 2 aromatic rings. The molecule has 7 nitrogen and oxygen atoms in total. The number of likely N-dealkylation sites (tertiary alicyclic amines) is 1. The van der Waals surface area contributed by atoms with Crippen LogP contribution in [0.5, 0.6) is 0 Å². The maximum absolute atomic E-state index is 6.21. The highest BCUT2D eigenvalue weighted by Crippen LogP contribution is 2.24. The minimum absolute atomic E-state index is 0.424. The smallest absolute Gasteiger partial charge is 0.227 e. The van der Waals surface area contributed by atoms with E-state index >= 15 is 0 Å². The first kappa shape index (κ1) is 18.4. The van der Waals surface area contributed by atoms with Gasteiger partial charge in [-0.15, -0.1) is 0 Å². The summed E-state index contributed by atoms with van der Waals surface area (Å²) in [5, 5.41) is 0.597. The fourth-order valence-electron chi connectivity index (χ4n) is 3.69. The average Bonchev–Trinajstić information content (AvgIpc) is 3.18. The number of rotatable bonds is 5. The third-order valence-electron chi connectivity index (χ3n) is 5.31. The van der Waals surface area contributed by atoms with Gasteiger partial charge in [-0.3, -0.25) is 4.90 Å². The van der Waals surface area contributed by atoms with E-state index in [0.717, 1.165) is 69.7 Å². The van der Waals surface area contributed by atoms with Crippen LogP contribution in [0.15, 0.2) is 30.6 Å². The SMILES string of the molecule is CN(c1ccnc(N2CCOCC2)n1)C1CCN(Cc2cccnc2Cl)C1. The molecule has 2 aliphatic heterocycles. The molecule has 0 bridgehead atoms. The van der Waals surface area contributed by atoms with E-state index in [9.17, 15) is 0 Å². The average molecular weight is 389 g/mol. The Morgan fingerprint density at radius 3 is 2.85 bits per heavy atom. The standard InChI is InChI=1S/C19H25ClN6O/c1-24(17-4-7-22-19(23-17)26-9-11-27-12-10-26)16-5-8-25(14-16)13-15-3-2-6-21-18(15)20/h2-4,6-7,16H,5,8-14H2,1H3. The molecule has 4 rings (SSSR count). The molecular weight excluding hydrogens is 364 g/mol. The van der Waals surface area contributed by atoms with E-state index in [1.165, 1.54) is 0 Å². The number of ether oxygens (including phenoxy) is 1. The van der Waals surface area contributed by atoms with Gasteiger partial charge in [-0.05, 0) is 18.6 Å². The Kier molecular flexibility index (Phi) is 5.71. The van der Waals surface area contributed by atoms with Crippen LogP contribution < -0.4 is 9.80 Å². The van der Waals surface area contributed by atoms with E-state index in [1.807, 2.05) is 24.4 Å². The molecule has 0 radical (unpaired) electrons. The van der Waals surface area contributed by atoms with E-state index in [4.69, 9.17) is 21.3 Å². The largest absolute Gasteiger partial charge is 0.378 e. The molecule has 27 heavy (non-hydrogen) atoms. The number of morpholine rings is 1. The summed E-state index contributed by atoms with van der Waals surface area (Å²) in [6.45, 7) is 6.02. The van der Waals surface area contributed by atoms with Crippen LogP contribution in [0, 0.1) is 0 Å². The second-order valence-electron chi connectivity index (χ2n) is 7.06. The molecule has 144 valence electrons. The third-order valence-corrected chi connectivity index (χ3v) is 5.65. The predicted molar refractivity (Wildman–Crippen MR) is 106 cm³/mol. The van der Waals surface area contributed by atoms with Crippen LogP contribution in [0.25, 0.3) is 0 Å². The molecule has 0 aromatic carbocycles. The highest BCUT2D eigenvalue weighted by Gasteiger charge is 2.27. The quantitative estimate of drug-likeness (QED) is 0.727. The molecule has 8 heteroatoms. The fraction of sp³-hybridized carbons (Fsp3) is 0.526. The molecule has 0 aliphatic carbocycles. The topological polar surface area (TPSA) is 57.6 Å². The zero-order chi connectivity index (χ0) is 18.6. The van der Waals surface area contributed by atoms with E-state index < -0.39 is 0 Å². The number of aromatic nitrogens is 3. The number of pyridine rings is 1. The third kappa shape index (κ3) is 4.31. The van der Waals surface area contributed by atoms with Crippen molar-refractivity contribution in [1.29, 1.82) is 0 Å². The maximum atomic E-state index is 6.21. The van der Waals surface area contributed by atoms with Crippen molar-refractivity contribution in [2.24, 2.45) is 0 Å². The van der Waals surface area contributed by atoms with Crippen molar-refractivity contribution in [3.05, 3.63) is 41.3 Å². The van der Waals surface area contributed by atoms with Crippen molar-refractivity contribution >= 4 is 23.4 Å². The van der Waals surface area contributed by atoms with Crippen LogP contribution in [0.3, 0.4) is 0 Å². The summed E-state index contributed by atoms with van der Waals surface area (Å²) in [6.07, 6.45) is 4.69. The first-order valence-corrected chi connectivity index (χ1v) is 9.79. The molecule has 0 spiro atoms. The summed E-state index contributed by atoms with van der Waals surface area (Å²) >= 11 is 6.21. The summed E-state index contributed by atoms with van der Waals surface area (Å²) in [5.74, 6) is 1.76. The molecule has 0 amide bonds.